The quantitative estimate of drug-likeness (QED) is 0.493. The molecule has 32 heavy (non-hydrogen) atoms. The molecule has 3 rings (SSSR count). The smallest absolute Gasteiger partial charge is 0.343 e. The molecule has 2 heterocycles. The maximum Gasteiger partial charge on any atom is 0.351 e. The van der Waals surface area contributed by atoms with Crippen LogP contribution in [-0.4, -0.2) is 48.4 Å². The monoisotopic (exact) mass is 444 g/mol. The van der Waals surface area contributed by atoms with Gasteiger partial charge in [-0.05, 0) is 37.1 Å². The number of aryl methyl sites for hydroxylation is 1. The van der Waals surface area contributed by atoms with E-state index >= 15 is 0 Å². The van der Waals surface area contributed by atoms with Crippen LogP contribution in [0.25, 0.3) is 17.2 Å². The number of amides is 1. The van der Waals surface area contributed by atoms with Gasteiger partial charge in [0.25, 0.3) is 5.56 Å². The third-order valence-electron chi connectivity index (χ3n) is 4.82. The Morgan fingerprint density at radius 2 is 1.78 bits per heavy atom. The number of benzene rings is 1. The molecule has 0 radical (unpaired) electrons. The predicted molar refractivity (Wildman–Crippen MR) is 114 cm³/mol. The summed E-state index contributed by atoms with van der Waals surface area (Å²) in [5, 5.41) is 7.88. The van der Waals surface area contributed by atoms with Crippen molar-refractivity contribution in [3.05, 3.63) is 56.8 Å². The summed E-state index contributed by atoms with van der Waals surface area (Å²) in [6.45, 7) is 5.40. The van der Waals surface area contributed by atoms with Crippen molar-refractivity contribution in [3.8, 4) is 17.2 Å². The molecular formula is C21H25FN6O4. The molecule has 0 saturated carbocycles. The molecule has 0 aliphatic rings. The molecule has 0 spiro atoms. The summed E-state index contributed by atoms with van der Waals surface area (Å²) in [5.74, 6) is -0.388. The minimum Gasteiger partial charge on any atom is -0.343 e. The molecular weight excluding hydrogens is 419 g/mol. The summed E-state index contributed by atoms with van der Waals surface area (Å²) in [4.78, 5) is 43.5. The summed E-state index contributed by atoms with van der Waals surface area (Å²) in [7, 11) is 1.30. The first-order valence-electron chi connectivity index (χ1n) is 10.4. The number of halogens is 1. The largest absolute Gasteiger partial charge is 0.351 e. The fourth-order valence-corrected chi connectivity index (χ4v) is 3.19. The lowest BCUT2D eigenvalue weighted by Gasteiger charge is -2.20. The lowest BCUT2D eigenvalue weighted by Crippen LogP contribution is -2.40. The maximum absolute atomic E-state index is 13.2. The summed E-state index contributed by atoms with van der Waals surface area (Å²) in [6, 6.07) is 5.09. The fourth-order valence-electron chi connectivity index (χ4n) is 3.19. The topological polar surface area (TPSA) is 116 Å². The van der Waals surface area contributed by atoms with E-state index in [0.717, 1.165) is 22.1 Å². The van der Waals surface area contributed by atoms with Crippen LogP contribution < -0.4 is 11.2 Å². The Kier molecular flexibility index (Phi) is 7.29. The average molecular weight is 444 g/mol. The van der Waals surface area contributed by atoms with E-state index in [0.29, 0.717) is 13.1 Å². The van der Waals surface area contributed by atoms with E-state index in [1.165, 1.54) is 31.3 Å². The highest BCUT2D eigenvalue weighted by Crippen LogP contribution is 2.12. The van der Waals surface area contributed by atoms with Crippen molar-refractivity contribution < 1.29 is 13.7 Å². The molecule has 3 aromatic rings. The van der Waals surface area contributed by atoms with Crippen LogP contribution in [0.5, 0.6) is 0 Å². The summed E-state index contributed by atoms with van der Waals surface area (Å²) in [6.07, 6.45) is 2.15. The molecule has 0 N–H and O–H groups in total. The van der Waals surface area contributed by atoms with Gasteiger partial charge in [0.1, 0.15) is 5.82 Å². The van der Waals surface area contributed by atoms with E-state index in [-0.39, 0.29) is 41.8 Å². The number of hydrogen-bond donors (Lipinski definition) is 0. The molecule has 0 unspecified atom stereocenters. The molecule has 0 aliphatic heterocycles. The summed E-state index contributed by atoms with van der Waals surface area (Å²) < 4.78 is 20.3. The van der Waals surface area contributed by atoms with E-state index in [1.54, 1.807) is 4.90 Å². The second-order valence-electron chi connectivity index (χ2n) is 7.28. The van der Waals surface area contributed by atoms with Gasteiger partial charge in [-0.2, -0.15) is 14.8 Å². The van der Waals surface area contributed by atoms with Crippen LogP contribution in [0, 0.1) is 5.82 Å². The van der Waals surface area contributed by atoms with E-state index in [1.807, 2.05) is 13.8 Å². The zero-order chi connectivity index (χ0) is 23.3. The van der Waals surface area contributed by atoms with Crippen LogP contribution in [0.4, 0.5) is 4.39 Å². The number of rotatable bonds is 9. The first-order valence-corrected chi connectivity index (χ1v) is 10.4. The molecule has 10 nitrogen and oxygen atoms in total. The van der Waals surface area contributed by atoms with Crippen LogP contribution >= 0.6 is 0 Å². The van der Waals surface area contributed by atoms with E-state index in [9.17, 15) is 18.8 Å². The number of aromatic nitrogens is 5. The van der Waals surface area contributed by atoms with Crippen LogP contribution in [0.2, 0.25) is 0 Å². The van der Waals surface area contributed by atoms with Crippen molar-refractivity contribution in [1.29, 1.82) is 0 Å². The van der Waals surface area contributed by atoms with Crippen LogP contribution in [-0.2, 0) is 18.3 Å². The lowest BCUT2D eigenvalue weighted by molar-refractivity contribution is -0.131. The Hall–Kier alpha value is -3.63. The normalized spacial score (nSPS) is 11.0. The van der Waals surface area contributed by atoms with Gasteiger partial charge in [-0.1, -0.05) is 19.0 Å². The van der Waals surface area contributed by atoms with Crippen LogP contribution in [0.1, 0.15) is 39.0 Å². The molecule has 0 aliphatic carbocycles. The van der Waals surface area contributed by atoms with Crippen LogP contribution in [0.15, 0.2) is 38.4 Å². The zero-order valence-corrected chi connectivity index (χ0v) is 18.2. The van der Waals surface area contributed by atoms with Gasteiger partial charge >= 0.3 is 5.69 Å². The Bertz CT molecular complexity index is 1190. The molecule has 0 fully saturated rings. The van der Waals surface area contributed by atoms with Gasteiger partial charge in [0, 0.05) is 33.0 Å². The standard InChI is InChI=1S/C21H25FN6O4/c1-4-12-27(13-5-2)17(29)11-10-16-23-19(25-32-16)18-20(30)26(3)21(31)28(24-18)15-8-6-14(22)7-9-15/h6-9H,4-5,10-13H2,1-3H3. The van der Waals surface area contributed by atoms with Gasteiger partial charge in [-0.15, -0.1) is 0 Å². The van der Waals surface area contributed by atoms with Gasteiger partial charge in [-0.3, -0.25) is 14.2 Å². The van der Waals surface area contributed by atoms with E-state index in [4.69, 9.17) is 4.52 Å². The van der Waals surface area contributed by atoms with Crippen LogP contribution in [0.3, 0.4) is 0 Å². The number of carbonyl (C=O) groups is 1. The molecule has 1 aromatic carbocycles. The van der Waals surface area contributed by atoms with Crippen molar-refractivity contribution in [1.82, 2.24) is 29.4 Å². The number of nitrogens with zero attached hydrogens (tertiary/aromatic N) is 6. The summed E-state index contributed by atoms with van der Waals surface area (Å²) >= 11 is 0. The highest BCUT2D eigenvalue weighted by atomic mass is 19.1. The fraction of sp³-hybridized carbons (Fsp3) is 0.429. The maximum atomic E-state index is 13.2. The van der Waals surface area contributed by atoms with Gasteiger partial charge in [-0.25, -0.2) is 9.18 Å². The van der Waals surface area contributed by atoms with Gasteiger partial charge in [0.05, 0.1) is 5.69 Å². The van der Waals surface area contributed by atoms with E-state index in [2.05, 4.69) is 15.2 Å². The molecule has 2 aromatic heterocycles. The second kappa shape index (κ2) is 10.1. The van der Waals surface area contributed by atoms with E-state index < -0.39 is 17.1 Å². The first-order chi connectivity index (χ1) is 15.3. The molecule has 0 atom stereocenters. The van der Waals surface area contributed by atoms with Crippen molar-refractivity contribution in [2.45, 2.75) is 39.5 Å². The minimum atomic E-state index is -0.702. The SMILES string of the molecule is CCCN(CCC)C(=O)CCc1nc(-c2nn(-c3ccc(F)cc3)c(=O)n(C)c2=O)no1. The van der Waals surface area contributed by atoms with Crippen molar-refractivity contribution in [3.63, 3.8) is 0 Å². The highest BCUT2D eigenvalue weighted by Gasteiger charge is 2.20. The molecule has 0 saturated heterocycles. The predicted octanol–water partition coefficient (Wildman–Crippen LogP) is 1.70. The number of hydrogen-bond acceptors (Lipinski definition) is 7. The Morgan fingerprint density at radius 3 is 2.41 bits per heavy atom. The second-order valence-corrected chi connectivity index (χ2v) is 7.28. The molecule has 170 valence electrons. The third-order valence-corrected chi connectivity index (χ3v) is 4.82. The van der Waals surface area contributed by atoms with Gasteiger partial charge < -0.3 is 9.42 Å². The molecule has 11 heteroatoms. The van der Waals surface area contributed by atoms with Crippen molar-refractivity contribution in [2.75, 3.05) is 13.1 Å². The highest BCUT2D eigenvalue weighted by molar-refractivity contribution is 5.76. The summed E-state index contributed by atoms with van der Waals surface area (Å²) in [5.41, 5.74) is -1.33. The lowest BCUT2D eigenvalue weighted by atomic mass is 10.2. The van der Waals surface area contributed by atoms with Crippen molar-refractivity contribution >= 4 is 5.91 Å². The molecule has 0 bridgehead atoms. The average Bonchev–Trinajstić information content (AvgIpc) is 3.25. The minimum absolute atomic E-state index is 0.00708. The molecule has 1 amide bonds. The third kappa shape index (κ3) is 4.98. The Morgan fingerprint density at radius 1 is 1.12 bits per heavy atom. The Balaban J connectivity index is 1.85. The first kappa shape index (κ1) is 23.0. The van der Waals surface area contributed by atoms with Crippen molar-refractivity contribution in [2.24, 2.45) is 7.05 Å². The Labute approximate surface area is 183 Å². The van der Waals surface area contributed by atoms with Gasteiger partial charge in [0.15, 0.2) is 5.69 Å². The van der Waals surface area contributed by atoms with Gasteiger partial charge in [0.2, 0.25) is 17.6 Å². The zero-order valence-electron chi connectivity index (χ0n) is 18.2. The number of carbonyl (C=O) groups excluding carboxylic acids is 1.